The maximum absolute atomic E-state index is 12.4. The number of ketones is 1. The highest BCUT2D eigenvalue weighted by Crippen LogP contribution is 2.18. The number of unbranched alkanes of at least 4 members (excludes halogenated alkanes) is 5. The SMILES string of the molecule is CCCCCCCCS(=O)(=O)c1ccc(C(=O)c2ccc(Cl)cc2)cc1. The molecule has 0 aliphatic rings. The highest BCUT2D eigenvalue weighted by molar-refractivity contribution is 7.91. The molecule has 140 valence electrons. The summed E-state index contributed by atoms with van der Waals surface area (Å²) >= 11 is 5.83. The molecule has 26 heavy (non-hydrogen) atoms. The molecule has 0 heterocycles. The summed E-state index contributed by atoms with van der Waals surface area (Å²) in [6, 6.07) is 12.8. The summed E-state index contributed by atoms with van der Waals surface area (Å²) in [4.78, 5) is 12.7. The van der Waals surface area contributed by atoms with E-state index < -0.39 is 9.84 Å². The second-order valence-electron chi connectivity index (χ2n) is 6.45. The van der Waals surface area contributed by atoms with Gasteiger partial charge >= 0.3 is 0 Å². The Morgan fingerprint density at radius 3 is 1.88 bits per heavy atom. The molecule has 0 amide bonds. The monoisotopic (exact) mass is 392 g/mol. The standard InChI is InChI=1S/C21H25ClO3S/c1-2-3-4-5-6-7-16-26(24,25)20-14-10-18(11-15-20)21(23)17-8-12-19(22)13-9-17/h8-15H,2-7,16H2,1H3. The highest BCUT2D eigenvalue weighted by Gasteiger charge is 2.15. The van der Waals surface area contributed by atoms with Gasteiger partial charge in [-0.3, -0.25) is 4.79 Å². The average molecular weight is 393 g/mol. The number of rotatable bonds is 10. The summed E-state index contributed by atoms with van der Waals surface area (Å²) in [7, 11) is -3.29. The molecule has 5 heteroatoms. The first kappa shape index (κ1) is 20.7. The third kappa shape index (κ3) is 5.96. The minimum absolute atomic E-state index is 0.151. The van der Waals surface area contributed by atoms with Crippen molar-refractivity contribution < 1.29 is 13.2 Å². The van der Waals surface area contributed by atoms with E-state index in [4.69, 9.17) is 11.6 Å². The van der Waals surface area contributed by atoms with E-state index in [0.29, 0.717) is 22.6 Å². The Morgan fingerprint density at radius 1 is 0.808 bits per heavy atom. The molecule has 0 aliphatic carbocycles. The zero-order chi connectivity index (χ0) is 19.0. The van der Waals surface area contributed by atoms with Crippen LogP contribution in [-0.4, -0.2) is 20.0 Å². The van der Waals surface area contributed by atoms with Gasteiger partial charge in [-0.05, 0) is 55.0 Å². The third-order valence-corrected chi connectivity index (χ3v) is 6.42. The van der Waals surface area contributed by atoms with E-state index in [0.717, 1.165) is 19.3 Å². The van der Waals surface area contributed by atoms with E-state index in [-0.39, 0.29) is 16.4 Å². The summed E-state index contributed by atoms with van der Waals surface area (Å²) in [6.07, 6.45) is 6.25. The Bertz CT molecular complexity index is 809. The Kier molecular flexibility index (Phi) is 7.85. The average Bonchev–Trinajstić information content (AvgIpc) is 2.65. The lowest BCUT2D eigenvalue weighted by atomic mass is 10.0. The van der Waals surface area contributed by atoms with Crippen LogP contribution < -0.4 is 0 Å². The minimum atomic E-state index is -3.29. The molecule has 2 aromatic carbocycles. The Labute approximate surface area is 161 Å². The first-order valence-corrected chi connectivity index (χ1v) is 11.1. The molecule has 0 fully saturated rings. The molecule has 0 radical (unpaired) electrons. The molecule has 0 saturated heterocycles. The van der Waals surface area contributed by atoms with Gasteiger partial charge in [-0.15, -0.1) is 0 Å². The first-order chi connectivity index (χ1) is 12.4. The zero-order valence-corrected chi connectivity index (χ0v) is 16.7. The summed E-state index contributed by atoms with van der Waals surface area (Å²) in [5, 5.41) is 0.567. The van der Waals surface area contributed by atoms with Crippen molar-refractivity contribution in [1.29, 1.82) is 0 Å². The highest BCUT2D eigenvalue weighted by atomic mass is 35.5. The summed E-state index contributed by atoms with van der Waals surface area (Å²) in [5.74, 6) is 0.00500. The fourth-order valence-electron chi connectivity index (χ4n) is 2.77. The van der Waals surface area contributed by atoms with Gasteiger partial charge in [0.2, 0.25) is 0 Å². The van der Waals surface area contributed by atoms with Crippen molar-refractivity contribution in [3.63, 3.8) is 0 Å². The lowest BCUT2D eigenvalue weighted by Gasteiger charge is -2.06. The van der Waals surface area contributed by atoms with Gasteiger partial charge in [0.25, 0.3) is 0 Å². The number of carbonyl (C=O) groups is 1. The van der Waals surface area contributed by atoms with Crippen LogP contribution in [0.25, 0.3) is 0 Å². The first-order valence-electron chi connectivity index (χ1n) is 9.07. The number of carbonyl (C=O) groups excluding carboxylic acids is 1. The summed E-state index contributed by atoms with van der Waals surface area (Å²) < 4.78 is 24.8. The van der Waals surface area contributed by atoms with E-state index in [2.05, 4.69) is 6.92 Å². The van der Waals surface area contributed by atoms with Gasteiger partial charge in [-0.2, -0.15) is 0 Å². The van der Waals surface area contributed by atoms with Gasteiger partial charge in [0, 0.05) is 16.1 Å². The van der Waals surface area contributed by atoms with E-state index in [1.165, 1.54) is 25.0 Å². The van der Waals surface area contributed by atoms with Crippen molar-refractivity contribution in [1.82, 2.24) is 0 Å². The summed E-state index contributed by atoms with van der Waals surface area (Å²) in [5.41, 5.74) is 0.989. The van der Waals surface area contributed by atoms with Crippen molar-refractivity contribution in [3.8, 4) is 0 Å². The smallest absolute Gasteiger partial charge is 0.193 e. The molecule has 0 aliphatic heterocycles. The molecular formula is C21H25ClO3S. The minimum Gasteiger partial charge on any atom is -0.289 e. The second kappa shape index (κ2) is 9.89. The van der Waals surface area contributed by atoms with Gasteiger partial charge in [0.15, 0.2) is 15.6 Å². The fraction of sp³-hybridized carbons (Fsp3) is 0.381. The Morgan fingerprint density at radius 2 is 1.31 bits per heavy atom. The van der Waals surface area contributed by atoms with E-state index >= 15 is 0 Å². The molecule has 2 aromatic rings. The van der Waals surface area contributed by atoms with Crippen LogP contribution in [-0.2, 0) is 9.84 Å². The molecule has 0 aromatic heterocycles. The predicted octanol–water partition coefficient (Wildman–Crippen LogP) is 5.71. The molecule has 0 atom stereocenters. The van der Waals surface area contributed by atoms with Crippen LogP contribution in [0.2, 0.25) is 5.02 Å². The zero-order valence-electron chi connectivity index (χ0n) is 15.1. The van der Waals surface area contributed by atoms with Crippen molar-refractivity contribution in [3.05, 3.63) is 64.7 Å². The molecule has 0 saturated carbocycles. The predicted molar refractivity (Wildman–Crippen MR) is 107 cm³/mol. The van der Waals surface area contributed by atoms with Crippen molar-refractivity contribution in [2.75, 3.05) is 5.75 Å². The lowest BCUT2D eigenvalue weighted by molar-refractivity contribution is 0.103. The normalized spacial score (nSPS) is 11.5. The Balaban J connectivity index is 1.97. The molecule has 0 unspecified atom stereocenters. The number of halogens is 1. The Hall–Kier alpha value is -1.65. The summed E-state index contributed by atoms with van der Waals surface area (Å²) in [6.45, 7) is 2.16. The molecule has 0 bridgehead atoms. The van der Waals surface area contributed by atoms with Crippen LogP contribution >= 0.6 is 11.6 Å². The van der Waals surface area contributed by atoms with Crippen molar-refractivity contribution in [2.24, 2.45) is 0 Å². The second-order valence-corrected chi connectivity index (χ2v) is 8.99. The quantitative estimate of drug-likeness (QED) is 0.384. The van der Waals surface area contributed by atoms with Crippen LogP contribution in [0.3, 0.4) is 0 Å². The van der Waals surface area contributed by atoms with E-state index in [1.54, 1.807) is 36.4 Å². The van der Waals surface area contributed by atoms with Gasteiger partial charge in [-0.1, -0.05) is 50.6 Å². The van der Waals surface area contributed by atoms with Crippen LogP contribution in [0.15, 0.2) is 53.4 Å². The molecule has 3 nitrogen and oxygen atoms in total. The number of hydrogen-bond acceptors (Lipinski definition) is 3. The largest absolute Gasteiger partial charge is 0.289 e. The number of sulfone groups is 1. The van der Waals surface area contributed by atoms with Gasteiger partial charge in [0.05, 0.1) is 10.6 Å². The fourth-order valence-corrected chi connectivity index (χ4v) is 4.27. The van der Waals surface area contributed by atoms with E-state index in [1.807, 2.05) is 0 Å². The van der Waals surface area contributed by atoms with Crippen molar-refractivity contribution >= 4 is 27.2 Å². The molecule has 0 N–H and O–H groups in total. The van der Waals surface area contributed by atoms with Crippen LogP contribution in [0.1, 0.15) is 61.4 Å². The molecule has 0 spiro atoms. The van der Waals surface area contributed by atoms with Gasteiger partial charge < -0.3 is 0 Å². The van der Waals surface area contributed by atoms with Crippen LogP contribution in [0.4, 0.5) is 0 Å². The number of benzene rings is 2. The van der Waals surface area contributed by atoms with Crippen LogP contribution in [0.5, 0.6) is 0 Å². The van der Waals surface area contributed by atoms with E-state index in [9.17, 15) is 13.2 Å². The van der Waals surface area contributed by atoms with Crippen molar-refractivity contribution in [2.45, 2.75) is 50.3 Å². The number of hydrogen-bond donors (Lipinski definition) is 0. The third-order valence-electron chi connectivity index (χ3n) is 4.35. The molecule has 2 rings (SSSR count). The lowest BCUT2D eigenvalue weighted by Crippen LogP contribution is -2.08. The maximum atomic E-state index is 12.4. The maximum Gasteiger partial charge on any atom is 0.193 e. The van der Waals surface area contributed by atoms with Crippen LogP contribution in [0, 0.1) is 0 Å². The molecular weight excluding hydrogens is 368 g/mol. The van der Waals surface area contributed by atoms with Gasteiger partial charge in [0.1, 0.15) is 0 Å². The van der Waals surface area contributed by atoms with Gasteiger partial charge in [-0.25, -0.2) is 8.42 Å². The topological polar surface area (TPSA) is 51.2 Å².